The normalized spacial score (nSPS) is 12.7. The number of hydrogen-bond donors (Lipinski definition) is 0. The third-order valence-electron chi connectivity index (χ3n) is 11.7. The Morgan fingerprint density at radius 3 is 1.97 bits per heavy atom. The summed E-state index contributed by atoms with van der Waals surface area (Å²) in [6, 6.07) is 70.6. The number of allylic oxidation sites excluding steroid dienone is 4. The molecule has 0 radical (unpaired) electrons. The summed E-state index contributed by atoms with van der Waals surface area (Å²) in [7, 11) is 0. The van der Waals surface area contributed by atoms with Crippen LogP contribution in [0.25, 0.3) is 82.4 Å². The standard InChI is InChI=1S/C56H39NO/c1-3-13-38(14-4-1)40-25-30-47(31-26-40)57(52-21-11-9-19-48(52)45-24-23-39-15-7-8-18-42(39)35-45)53-33-28-44(37-51(53)41-16-5-2-6-17-41)43-27-32-49-46(36-43)29-34-55-56(49)50-20-10-12-22-54(50)58-55/h2-3,5-37H,1,4H2. The van der Waals surface area contributed by atoms with E-state index in [-0.39, 0.29) is 0 Å². The van der Waals surface area contributed by atoms with Gasteiger partial charge in [0.2, 0.25) is 0 Å². The molecule has 0 atom stereocenters. The molecule has 0 saturated carbocycles. The quantitative estimate of drug-likeness (QED) is 0.162. The van der Waals surface area contributed by atoms with Crippen molar-refractivity contribution in [2.45, 2.75) is 12.8 Å². The average molecular weight is 742 g/mol. The first-order chi connectivity index (χ1) is 28.7. The molecule has 0 bridgehead atoms. The molecule has 0 spiro atoms. The van der Waals surface area contributed by atoms with Gasteiger partial charge in [0.25, 0.3) is 0 Å². The monoisotopic (exact) mass is 741 g/mol. The van der Waals surface area contributed by atoms with Gasteiger partial charge < -0.3 is 9.32 Å². The van der Waals surface area contributed by atoms with E-state index in [9.17, 15) is 0 Å². The van der Waals surface area contributed by atoms with E-state index >= 15 is 0 Å². The van der Waals surface area contributed by atoms with Crippen LogP contribution in [0.4, 0.5) is 17.1 Å². The Morgan fingerprint density at radius 2 is 1.09 bits per heavy atom. The van der Waals surface area contributed by atoms with Crippen LogP contribution in [-0.2, 0) is 0 Å². The lowest BCUT2D eigenvalue weighted by Crippen LogP contribution is -2.12. The predicted molar refractivity (Wildman–Crippen MR) is 246 cm³/mol. The molecule has 0 aliphatic heterocycles. The van der Waals surface area contributed by atoms with Crippen LogP contribution in [-0.4, -0.2) is 0 Å². The molecule has 10 aromatic rings. The van der Waals surface area contributed by atoms with E-state index in [0.717, 1.165) is 63.1 Å². The number of furan rings is 1. The minimum absolute atomic E-state index is 0.918. The first kappa shape index (κ1) is 33.9. The molecule has 1 aliphatic rings. The SMILES string of the molecule is C1=CC(c2ccc(N(c3ccccc3-c3ccc4ccccc4c3)c3ccc(-c4ccc5c(ccc6oc7ccccc7c65)c4)cc3-c3ccccc3)cc2)=CCC1. The highest BCUT2D eigenvalue weighted by atomic mass is 16.3. The molecular formula is C56H39NO. The Bertz CT molecular complexity index is 3220. The summed E-state index contributed by atoms with van der Waals surface area (Å²) in [5.74, 6) is 0. The maximum absolute atomic E-state index is 6.23. The maximum Gasteiger partial charge on any atom is 0.136 e. The molecule has 1 aliphatic carbocycles. The molecule has 9 aromatic carbocycles. The van der Waals surface area contributed by atoms with Gasteiger partial charge in [-0.15, -0.1) is 0 Å². The van der Waals surface area contributed by atoms with Crippen LogP contribution in [0.15, 0.2) is 217 Å². The Balaban J connectivity index is 1.10. The smallest absolute Gasteiger partial charge is 0.136 e. The van der Waals surface area contributed by atoms with Crippen molar-refractivity contribution in [2.75, 3.05) is 4.90 Å². The van der Waals surface area contributed by atoms with Crippen molar-refractivity contribution in [3.63, 3.8) is 0 Å². The maximum atomic E-state index is 6.23. The van der Waals surface area contributed by atoms with Gasteiger partial charge >= 0.3 is 0 Å². The number of fused-ring (bicyclic) bond motifs is 6. The molecule has 0 amide bonds. The Hall–Kier alpha value is -7.42. The first-order valence-electron chi connectivity index (χ1n) is 20.1. The number of benzene rings is 9. The van der Waals surface area contributed by atoms with Gasteiger partial charge in [0, 0.05) is 27.6 Å². The largest absolute Gasteiger partial charge is 0.456 e. The van der Waals surface area contributed by atoms with Crippen LogP contribution < -0.4 is 4.90 Å². The predicted octanol–water partition coefficient (Wildman–Crippen LogP) is 16.1. The van der Waals surface area contributed by atoms with E-state index in [1.54, 1.807) is 0 Å². The highest BCUT2D eigenvalue weighted by Crippen LogP contribution is 2.47. The minimum atomic E-state index is 0.918. The number of rotatable bonds is 7. The van der Waals surface area contributed by atoms with Crippen LogP contribution >= 0.6 is 0 Å². The summed E-state index contributed by atoms with van der Waals surface area (Å²) >= 11 is 0. The Kier molecular flexibility index (Phi) is 8.33. The molecule has 0 N–H and O–H groups in total. The number of para-hydroxylation sites is 2. The van der Waals surface area contributed by atoms with Crippen molar-refractivity contribution >= 4 is 66.1 Å². The average Bonchev–Trinajstić information content (AvgIpc) is 3.69. The molecule has 0 unspecified atom stereocenters. The highest BCUT2D eigenvalue weighted by molar-refractivity contribution is 6.19. The molecule has 1 aromatic heterocycles. The minimum Gasteiger partial charge on any atom is -0.456 e. The van der Waals surface area contributed by atoms with Crippen LogP contribution in [0.3, 0.4) is 0 Å². The van der Waals surface area contributed by atoms with E-state index < -0.39 is 0 Å². The summed E-state index contributed by atoms with van der Waals surface area (Å²) in [5, 5.41) is 7.17. The van der Waals surface area contributed by atoms with Gasteiger partial charge in [-0.2, -0.15) is 0 Å². The second-order valence-corrected chi connectivity index (χ2v) is 15.2. The van der Waals surface area contributed by atoms with Gasteiger partial charge in [0.1, 0.15) is 11.2 Å². The van der Waals surface area contributed by atoms with E-state index in [1.165, 1.54) is 54.8 Å². The fraction of sp³-hybridized carbons (Fsp3) is 0.0357. The second kappa shape index (κ2) is 14.3. The molecule has 11 rings (SSSR count). The third kappa shape index (κ3) is 5.98. The first-order valence-corrected chi connectivity index (χ1v) is 20.1. The number of nitrogens with zero attached hydrogens (tertiary/aromatic N) is 1. The second-order valence-electron chi connectivity index (χ2n) is 15.2. The van der Waals surface area contributed by atoms with Crippen molar-refractivity contribution in [3.8, 4) is 33.4 Å². The third-order valence-corrected chi connectivity index (χ3v) is 11.7. The van der Waals surface area contributed by atoms with Crippen LogP contribution in [0.1, 0.15) is 18.4 Å². The lowest BCUT2D eigenvalue weighted by atomic mass is 9.93. The van der Waals surface area contributed by atoms with E-state index in [2.05, 4.69) is 205 Å². The summed E-state index contributed by atoms with van der Waals surface area (Å²) in [4.78, 5) is 2.45. The molecular weight excluding hydrogens is 703 g/mol. The molecule has 2 heteroatoms. The lowest BCUT2D eigenvalue weighted by Gasteiger charge is -2.30. The van der Waals surface area contributed by atoms with Gasteiger partial charge in [-0.3, -0.25) is 0 Å². The zero-order chi connectivity index (χ0) is 38.4. The van der Waals surface area contributed by atoms with E-state index in [1.807, 2.05) is 12.1 Å². The topological polar surface area (TPSA) is 16.4 Å². The van der Waals surface area contributed by atoms with Gasteiger partial charge in [0.05, 0.1) is 11.4 Å². The van der Waals surface area contributed by atoms with Gasteiger partial charge in [-0.1, -0.05) is 158 Å². The fourth-order valence-electron chi connectivity index (χ4n) is 8.80. The van der Waals surface area contributed by atoms with Crippen molar-refractivity contribution in [3.05, 3.63) is 218 Å². The van der Waals surface area contributed by atoms with E-state index in [0.29, 0.717) is 0 Å². The Labute approximate surface area is 338 Å². The fourth-order valence-corrected chi connectivity index (χ4v) is 8.80. The van der Waals surface area contributed by atoms with E-state index in [4.69, 9.17) is 4.42 Å². The zero-order valence-corrected chi connectivity index (χ0v) is 32.0. The summed E-state index contributed by atoms with van der Waals surface area (Å²) in [6.07, 6.45) is 9.06. The van der Waals surface area contributed by atoms with Gasteiger partial charge in [0.15, 0.2) is 0 Å². The summed E-state index contributed by atoms with van der Waals surface area (Å²) in [5.41, 5.74) is 14.7. The van der Waals surface area contributed by atoms with Gasteiger partial charge in [-0.25, -0.2) is 0 Å². The zero-order valence-electron chi connectivity index (χ0n) is 32.0. The molecule has 0 fully saturated rings. The molecule has 58 heavy (non-hydrogen) atoms. The Morgan fingerprint density at radius 1 is 0.397 bits per heavy atom. The van der Waals surface area contributed by atoms with Crippen molar-refractivity contribution in [1.82, 2.24) is 0 Å². The molecule has 0 saturated heterocycles. The van der Waals surface area contributed by atoms with Gasteiger partial charge in [-0.05, 0) is 122 Å². The van der Waals surface area contributed by atoms with Crippen LogP contribution in [0.5, 0.6) is 0 Å². The molecule has 1 heterocycles. The van der Waals surface area contributed by atoms with Crippen LogP contribution in [0, 0.1) is 0 Å². The van der Waals surface area contributed by atoms with Crippen molar-refractivity contribution in [2.24, 2.45) is 0 Å². The molecule has 274 valence electrons. The number of anilines is 3. The summed E-state index contributed by atoms with van der Waals surface area (Å²) in [6.45, 7) is 0. The lowest BCUT2D eigenvalue weighted by molar-refractivity contribution is 0.669. The van der Waals surface area contributed by atoms with Crippen LogP contribution in [0.2, 0.25) is 0 Å². The highest BCUT2D eigenvalue weighted by Gasteiger charge is 2.22. The summed E-state index contributed by atoms with van der Waals surface area (Å²) < 4.78 is 6.23. The van der Waals surface area contributed by atoms with Crippen molar-refractivity contribution in [1.29, 1.82) is 0 Å². The molecule has 2 nitrogen and oxygen atoms in total. The van der Waals surface area contributed by atoms with Crippen molar-refractivity contribution < 1.29 is 4.42 Å². The number of hydrogen-bond acceptors (Lipinski definition) is 2.